The van der Waals surface area contributed by atoms with Gasteiger partial charge in [-0.1, -0.05) is 65.8 Å². The van der Waals surface area contributed by atoms with E-state index in [4.69, 9.17) is 4.43 Å². The summed E-state index contributed by atoms with van der Waals surface area (Å²) in [5, 5.41) is 0. The van der Waals surface area contributed by atoms with Crippen LogP contribution in [-0.4, -0.2) is 8.32 Å². The van der Waals surface area contributed by atoms with Gasteiger partial charge in [0.15, 0.2) is 0 Å². The number of benzene rings is 1. The van der Waals surface area contributed by atoms with Crippen LogP contribution in [0.5, 0.6) is 0 Å². The molecule has 0 radical (unpaired) electrons. The highest BCUT2D eigenvalue weighted by molar-refractivity contribution is 6.78. The van der Waals surface area contributed by atoms with Gasteiger partial charge in [0, 0.05) is 5.56 Å². The van der Waals surface area contributed by atoms with E-state index in [9.17, 15) is 0 Å². The molecule has 1 aliphatic carbocycles. The Labute approximate surface area is 131 Å². The van der Waals surface area contributed by atoms with Crippen molar-refractivity contribution in [1.82, 2.24) is 0 Å². The molecule has 116 valence electrons. The summed E-state index contributed by atoms with van der Waals surface area (Å²) in [4.78, 5) is 0. The topological polar surface area (TPSA) is 9.23 Å². The predicted molar refractivity (Wildman–Crippen MR) is 94.9 cm³/mol. The molecule has 1 aliphatic rings. The van der Waals surface area contributed by atoms with Crippen LogP contribution >= 0.6 is 0 Å². The van der Waals surface area contributed by atoms with Crippen molar-refractivity contribution in [3.05, 3.63) is 41.5 Å². The molecule has 1 nitrogen and oxygen atoms in total. The average molecular weight is 303 g/mol. The van der Waals surface area contributed by atoms with Crippen LogP contribution < -0.4 is 0 Å². The molecule has 0 fully saturated rings. The second-order valence-electron chi connectivity index (χ2n) is 7.18. The zero-order chi connectivity index (χ0) is 15.6. The standard InChI is InChI=1S/C19H30OSi/c1-14(2)21(15(3)4,16(5)6)20-19-13-9-11-17-10-7-8-12-18(17)19/h7-8,10,12-16H,9,11H2,1-6H3. The van der Waals surface area contributed by atoms with Gasteiger partial charge in [0.25, 0.3) is 8.32 Å². The van der Waals surface area contributed by atoms with Crippen molar-refractivity contribution in [2.75, 3.05) is 0 Å². The number of allylic oxidation sites excluding steroid dienone is 1. The molecule has 0 N–H and O–H groups in total. The van der Waals surface area contributed by atoms with E-state index in [-0.39, 0.29) is 0 Å². The second kappa shape index (κ2) is 6.39. The molecule has 2 rings (SSSR count). The first-order valence-corrected chi connectivity index (χ1v) is 10.5. The Morgan fingerprint density at radius 2 is 1.48 bits per heavy atom. The molecule has 0 amide bonds. The van der Waals surface area contributed by atoms with E-state index >= 15 is 0 Å². The van der Waals surface area contributed by atoms with Gasteiger partial charge < -0.3 is 4.43 Å². The third-order valence-electron chi connectivity index (χ3n) is 5.02. The third kappa shape index (κ3) is 2.96. The SMILES string of the molecule is CC(C)[Si](OC1=CCCc2ccccc21)(C(C)C)C(C)C. The Hall–Kier alpha value is -1.02. The van der Waals surface area contributed by atoms with Gasteiger partial charge in [-0.25, -0.2) is 0 Å². The van der Waals surface area contributed by atoms with E-state index in [0.717, 1.165) is 18.6 Å². The zero-order valence-electron chi connectivity index (χ0n) is 14.4. The number of hydrogen-bond donors (Lipinski definition) is 0. The third-order valence-corrected chi connectivity index (χ3v) is 11.0. The lowest BCUT2D eigenvalue weighted by Gasteiger charge is -2.43. The number of hydrogen-bond acceptors (Lipinski definition) is 1. The van der Waals surface area contributed by atoms with Gasteiger partial charge in [-0.05, 0) is 41.1 Å². The Bertz CT molecular complexity index is 492. The smallest absolute Gasteiger partial charge is 0.258 e. The highest BCUT2D eigenvalue weighted by Gasteiger charge is 2.47. The van der Waals surface area contributed by atoms with E-state index in [1.165, 1.54) is 11.1 Å². The van der Waals surface area contributed by atoms with Gasteiger partial charge >= 0.3 is 0 Å². The van der Waals surface area contributed by atoms with Crippen molar-refractivity contribution in [2.24, 2.45) is 0 Å². The van der Waals surface area contributed by atoms with Crippen LogP contribution in [0.25, 0.3) is 5.76 Å². The van der Waals surface area contributed by atoms with Crippen molar-refractivity contribution >= 4 is 14.1 Å². The zero-order valence-corrected chi connectivity index (χ0v) is 15.4. The van der Waals surface area contributed by atoms with Crippen molar-refractivity contribution in [1.29, 1.82) is 0 Å². The van der Waals surface area contributed by atoms with E-state index in [2.05, 4.69) is 71.9 Å². The van der Waals surface area contributed by atoms with Crippen LogP contribution in [0.2, 0.25) is 16.6 Å². The lowest BCUT2D eigenvalue weighted by Crippen LogP contribution is -2.47. The predicted octanol–water partition coefficient (Wildman–Crippen LogP) is 6.17. The van der Waals surface area contributed by atoms with E-state index in [0.29, 0.717) is 16.6 Å². The summed E-state index contributed by atoms with van der Waals surface area (Å²) < 4.78 is 6.89. The number of rotatable bonds is 5. The first-order chi connectivity index (χ1) is 9.89. The summed E-state index contributed by atoms with van der Waals surface area (Å²) in [6, 6.07) is 8.74. The van der Waals surface area contributed by atoms with Gasteiger partial charge in [-0.15, -0.1) is 0 Å². The maximum Gasteiger partial charge on any atom is 0.258 e. The van der Waals surface area contributed by atoms with Gasteiger partial charge in [-0.3, -0.25) is 0 Å². The monoisotopic (exact) mass is 302 g/mol. The Morgan fingerprint density at radius 1 is 0.905 bits per heavy atom. The molecular formula is C19H30OSi. The summed E-state index contributed by atoms with van der Waals surface area (Å²) >= 11 is 0. The maximum absolute atomic E-state index is 6.89. The first-order valence-electron chi connectivity index (χ1n) is 8.37. The molecule has 0 heterocycles. The molecule has 0 unspecified atom stereocenters. The fourth-order valence-electron chi connectivity index (χ4n) is 4.09. The summed E-state index contributed by atoms with van der Waals surface area (Å²) in [6.45, 7) is 14.1. The molecule has 0 atom stereocenters. The summed E-state index contributed by atoms with van der Waals surface area (Å²) in [6.07, 6.45) is 4.56. The molecule has 0 aromatic heterocycles. The van der Waals surface area contributed by atoms with Crippen molar-refractivity contribution in [3.63, 3.8) is 0 Å². The highest BCUT2D eigenvalue weighted by atomic mass is 28.4. The molecule has 0 saturated heterocycles. The minimum absolute atomic E-state index is 0.618. The average Bonchev–Trinajstić information content (AvgIpc) is 2.43. The van der Waals surface area contributed by atoms with Crippen LogP contribution in [0, 0.1) is 0 Å². The maximum atomic E-state index is 6.89. The van der Waals surface area contributed by atoms with Gasteiger partial charge in [-0.2, -0.15) is 0 Å². The number of aryl methyl sites for hydroxylation is 1. The van der Waals surface area contributed by atoms with Gasteiger partial charge in [0.2, 0.25) is 0 Å². The lowest BCUT2D eigenvalue weighted by molar-refractivity contribution is 0.440. The summed E-state index contributed by atoms with van der Waals surface area (Å²) in [5.41, 5.74) is 4.62. The van der Waals surface area contributed by atoms with E-state index in [1.807, 2.05) is 0 Å². The van der Waals surface area contributed by atoms with Crippen LogP contribution in [0.15, 0.2) is 30.3 Å². The number of fused-ring (bicyclic) bond motifs is 1. The Balaban J connectivity index is 2.40. The molecule has 1 aromatic carbocycles. The highest BCUT2D eigenvalue weighted by Crippen LogP contribution is 2.45. The second-order valence-corrected chi connectivity index (χ2v) is 12.6. The minimum atomic E-state index is -1.85. The van der Waals surface area contributed by atoms with Crippen molar-refractivity contribution in [2.45, 2.75) is 71.0 Å². The summed E-state index contributed by atoms with van der Waals surface area (Å²) in [7, 11) is -1.85. The van der Waals surface area contributed by atoms with Crippen molar-refractivity contribution < 1.29 is 4.43 Å². The van der Waals surface area contributed by atoms with Crippen LogP contribution in [0.4, 0.5) is 0 Å². The molecule has 0 aliphatic heterocycles. The van der Waals surface area contributed by atoms with E-state index < -0.39 is 8.32 Å². The molecule has 21 heavy (non-hydrogen) atoms. The van der Waals surface area contributed by atoms with Gasteiger partial charge in [0.05, 0.1) is 0 Å². The Kier molecular flexibility index (Phi) is 4.98. The fourth-order valence-corrected chi connectivity index (χ4v) is 9.37. The normalized spacial score (nSPS) is 15.4. The van der Waals surface area contributed by atoms with Crippen LogP contribution in [-0.2, 0) is 10.8 Å². The minimum Gasteiger partial charge on any atom is -0.542 e. The summed E-state index contributed by atoms with van der Waals surface area (Å²) in [5.74, 6) is 1.15. The van der Waals surface area contributed by atoms with E-state index in [1.54, 1.807) is 0 Å². The van der Waals surface area contributed by atoms with Crippen molar-refractivity contribution in [3.8, 4) is 0 Å². The first kappa shape index (κ1) is 16.3. The lowest BCUT2D eigenvalue weighted by atomic mass is 9.96. The Morgan fingerprint density at radius 3 is 2.05 bits per heavy atom. The van der Waals surface area contributed by atoms with Crippen LogP contribution in [0.3, 0.4) is 0 Å². The molecule has 2 heteroatoms. The quantitative estimate of drug-likeness (QED) is 0.591. The molecule has 0 saturated carbocycles. The molecule has 0 spiro atoms. The van der Waals surface area contributed by atoms with Crippen LogP contribution in [0.1, 0.15) is 59.1 Å². The molecule has 1 aromatic rings. The fraction of sp³-hybridized carbons (Fsp3) is 0.579. The molecule has 0 bridgehead atoms. The van der Waals surface area contributed by atoms with Gasteiger partial charge in [0.1, 0.15) is 5.76 Å². The largest absolute Gasteiger partial charge is 0.542 e. The molecular weight excluding hydrogens is 272 g/mol.